The van der Waals surface area contributed by atoms with Gasteiger partial charge in [-0.05, 0) is 24.5 Å². The quantitative estimate of drug-likeness (QED) is 0.881. The molecular weight excluding hydrogens is 325 g/mol. The van der Waals surface area contributed by atoms with Crippen molar-refractivity contribution in [1.82, 2.24) is 5.32 Å². The molecule has 0 saturated carbocycles. The van der Waals surface area contributed by atoms with E-state index in [4.69, 9.17) is 23.2 Å². The van der Waals surface area contributed by atoms with E-state index in [9.17, 15) is 18.3 Å². The number of nitrogens with one attached hydrogen (secondary N) is 1. The van der Waals surface area contributed by atoms with E-state index in [0.29, 0.717) is 6.42 Å². The number of aromatic hydroxyl groups is 1. The lowest BCUT2D eigenvalue weighted by molar-refractivity contribution is 0.0946. The van der Waals surface area contributed by atoms with E-state index in [-0.39, 0.29) is 45.3 Å². The minimum Gasteiger partial charge on any atom is -0.505 e. The summed E-state index contributed by atoms with van der Waals surface area (Å²) in [5.74, 6) is -0.735. The van der Waals surface area contributed by atoms with Crippen LogP contribution in [0.4, 0.5) is 0 Å². The molecule has 0 aliphatic carbocycles. The van der Waals surface area contributed by atoms with E-state index in [1.165, 1.54) is 12.1 Å². The summed E-state index contributed by atoms with van der Waals surface area (Å²) >= 11 is 11.5. The third-order valence-electron chi connectivity index (χ3n) is 3.19. The molecule has 1 saturated heterocycles. The van der Waals surface area contributed by atoms with E-state index >= 15 is 0 Å². The summed E-state index contributed by atoms with van der Waals surface area (Å²) in [6.45, 7) is 0.248. The van der Waals surface area contributed by atoms with Crippen molar-refractivity contribution >= 4 is 38.9 Å². The van der Waals surface area contributed by atoms with Gasteiger partial charge >= 0.3 is 0 Å². The fourth-order valence-corrected chi connectivity index (χ4v) is 4.27. The van der Waals surface area contributed by atoms with Crippen LogP contribution in [0.25, 0.3) is 0 Å². The van der Waals surface area contributed by atoms with Gasteiger partial charge in [0.2, 0.25) is 0 Å². The molecule has 5 nitrogen and oxygen atoms in total. The second-order valence-electron chi connectivity index (χ2n) is 4.74. The monoisotopic (exact) mass is 337 g/mol. The van der Waals surface area contributed by atoms with Gasteiger partial charge in [-0.25, -0.2) is 8.42 Å². The van der Waals surface area contributed by atoms with Crippen molar-refractivity contribution in [3.63, 3.8) is 0 Å². The van der Waals surface area contributed by atoms with Crippen LogP contribution in [0.1, 0.15) is 16.8 Å². The SMILES string of the molecule is O=C(NC[C@H]1CCS(=O)(=O)C1)c1ccc(Cl)c(Cl)c1O. The molecule has 1 aromatic carbocycles. The molecule has 1 fully saturated rings. The third-order valence-corrected chi connectivity index (χ3v) is 5.82. The Labute approximate surface area is 126 Å². The Hall–Kier alpha value is -0.980. The average Bonchev–Trinajstić information content (AvgIpc) is 2.73. The predicted octanol–water partition coefficient (Wildman–Crippen LogP) is 1.86. The van der Waals surface area contributed by atoms with Crippen LogP contribution >= 0.6 is 23.2 Å². The van der Waals surface area contributed by atoms with Crippen molar-refractivity contribution in [3.05, 3.63) is 27.7 Å². The number of benzene rings is 1. The van der Waals surface area contributed by atoms with Gasteiger partial charge in [-0.1, -0.05) is 23.2 Å². The molecule has 0 unspecified atom stereocenters. The highest BCUT2D eigenvalue weighted by Crippen LogP contribution is 2.34. The molecule has 8 heteroatoms. The molecule has 2 rings (SSSR count). The molecule has 0 bridgehead atoms. The van der Waals surface area contributed by atoms with E-state index < -0.39 is 15.7 Å². The first kappa shape index (κ1) is 15.4. The highest BCUT2D eigenvalue weighted by molar-refractivity contribution is 7.91. The lowest BCUT2D eigenvalue weighted by Gasteiger charge is -2.11. The van der Waals surface area contributed by atoms with Crippen LogP contribution in [0.3, 0.4) is 0 Å². The van der Waals surface area contributed by atoms with Crippen LogP contribution in [0.2, 0.25) is 10.0 Å². The number of hydrogen-bond acceptors (Lipinski definition) is 4. The first-order chi connectivity index (χ1) is 9.30. The summed E-state index contributed by atoms with van der Waals surface area (Å²) in [5, 5.41) is 12.4. The fraction of sp³-hybridized carbons (Fsp3) is 0.417. The van der Waals surface area contributed by atoms with Crippen LogP contribution in [-0.4, -0.2) is 37.5 Å². The Kier molecular flexibility index (Phi) is 4.46. The van der Waals surface area contributed by atoms with Gasteiger partial charge in [-0.3, -0.25) is 4.79 Å². The van der Waals surface area contributed by atoms with Crippen LogP contribution in [0.15, 0.2) is 12.1 Å². The van der Waals surface area contributed by atoms with E-state index in [1.807, 2.05) is 0 Å². The van der Waals surface area contributed by atoms with Crippen LogP contribution in [0.5, 0.6) is 5.75 Å². The first-order valence-electron chi connectivity index (χ1n) is 5.96. The molecule has 1 aliphatic rings. The van der Waals surface area contributed by atoms with Crippen LogP contribution < -0.4 is 5.32 Å². The number of rotatable bonds is 3. The molecule has 1 atom stereocenters. The Morgan fingerprint density at radius 3 is 2.70 bits per heavy atom. The van der Waals surface area contributed by atoms with Gasteiger partial charge in [0.1, 0.15) is 10.8 Å². The fourth-order valence-electron chi connectivity index (χ4n) is 2.09. The molecule has 20 heavy (non-hydrogen) atoms. The molecule has 1 aliphatic heterocycles. The van der Waals surface area contributed by atoms with E-state index in [2.05, 4.69) is 5.32 Å². The van der Waals surface area contributed by atoms with Gasteiger partial charge in [0.15, 0.2) is 9.84 Å². The molecule has 1 amide bonds. The summed E-state index contributed by atoms with van der Waals surface area (Å²) < 4.78 is 22.6. The summed E-state index contributed by atoms with van der Waals surface area (Å²) in [5.41, 5.74) is 0.0141. The van der Waals surface area contributed by atoms with Crippen molar-refractivity contribution in [1.29, 1.82) is 0 Å². The maximum absolute atomic E-state index is 11.9. The van der Waals surface area contributed by atoms with Crippen molar-refractivity contribution in [3.8, 4) is 5.75 Å². The minimum absolute atomic E-state index is 0.0141. The topological polar surface area (TPSA) is 83.5 Å². The van der Waals surface area contributed by atoms with Gasteiger partial charge in [-0.15, -0.1) is 0 Å². The number of carbonyl (C=O) groups is 1. The van der Waals surface area contributed by atoms with Gasteiger partial charge in [-0.2, -0.15) is 0 Å². The predicted molar refractivity (Wildman–Crippen MR) is 77.2 cm³/mol. The maximum atomic E-state index is 11.9. The zero-order valence-electron chi connectivity index (χ0n) is 10.4. The highest BCUT2D eigenvalue weighted by Gasteiger charge is 2.28. The Morgan fingerprint density at radius 1 is 1.40 bits per heavy atom. The third kappa shape index (κ3) is 3.37. The lowest BCUT2D eigenvalue weighted by Crippen LogP contribution is -2.29. The second kappa shape index (κ2) is 5.79. The average molecular weight is 338 g/mol. The number of phenols is 1. The van der Waals surface area contributed by atoms with Crippen LogP contribution in [0, 0.1) is 5.92 Å². The molecule has 1 aromatic rings. The molecule has 1 heterocycles. The Balaban J connectivity index is 2.01. The number of sulfone groups is 1. The normalized spacial score (nSPS) is 20.8. The number of carbonyl (C=O) groups excluding carboxylic acids is 1. The number of halogens is 2. The lowest BCUT2D eigenvalue weighted by atomic mass is 10.1. The summed E-state index contributed by atoms with van der Waals surface area (Å²) in [6, 6.07) is 2.78. The van der Waals surface area contributed by atoms with E-state index in [0.717, 1.165) is 0 Å². The molecule has 0 radical (unpaired) electrons. The summed E-state index contributed by atoms with van der Waals surface area (Å²) in [7, 11) is -2.97. The molecule has 2 N–H and O–H groups in total. The van der Waals surface area contributed by atoms with Gasteiger partial charge < -0.3 is 10.4 Å². The summed E-state index contributed by atoms with van der Waals surface area (Å²) in [6.07, 6.45) is 0.538. The minimum atomic E-state index is -2.97. The van der Waals surface area contributed by atoms with Crippen molar-refractivity contribution in [2.45, 2.75) is 6.42 Å². The van der Waals surface area contributed by atoms with Crippen LogP contribution in [-0.2, 0) is 9.84 Å². The standard InChI is InChI=1S/C12H13Cl2NO4S/c13-9-2-1-8(11(16)10(9)14)12(17)15-5-7-3-4-20(18,19)6-7/h1-2,7,16H,3-6H2,(H,15,17)/t7-/m1/s1. The van der Waals surface area contributed by atoms with Crippen molar-refractivity contribution in [2.75, 3.05) is 18.1 Å². The zero-order chi connectivity index (χ0) is 14.9. The largest absolute Gasteiger partial charge is 0.505 e. The second-order valence-corrected chi connectivity index (χ2v) is 7.75. The number of amides is 1. The highest BCUT2D eigenvalue weighted by atomic mass is 35.5. The van der Waals surface area contributed by atoms with Gasteiger partial charge in [0.05, 0.1) is 22.1 Å². The molecule has 0 aromatic heterocycles. The first-order valence-corrected chi connectivity index (χ1v) is 8.53. The summed E-state index contributed by atoms with van der Waals surface area (Å²) in [4.78, 5) is 11.9. The molecular formula is C12H13Cl2NO4S. The molecule has 0 spiro atoms. The van der Waals surface area contributed by atoms with E-state index in [1.54, 1.807) is 0 Å². The smallest absolute Gasteiger partial charge is 0.255 e. The Morgan fingerprint density at radius 2 is 2.10 bits per heavy atom. The zero-order valence-corrected chi connectivity index (χ0v) is 12.7. The van der Waals surface area contributed by atoms with Crippen molar-refractivity contribution < 1.29 is 18.3 Å². The number of phenolic OH excluding ortho intramolecular Hbond substituents is 1. The molecule has 110 valence electrons. The van der Waals surface area contributed by atoms with Gasteiger partial charge in [0.25, 0.3) is 5.91 Å². The Bertz CT molecular complexity index is 645. The number of hydrogen-bond donors (Lipinski definition) is 2. The van der Waals surface area contributed by atoms with Crippen molar-refractivity contribution in [2.24, 2.45) is 5.92 Å². The maximum Gasteiger partial charge on any atom is 0.255 e. The van der Waals surface area contributed by atoms with Gasteiger partial charge in [0, 0.05) is 6.54 Å².